The SMILES string of the molecule is CCN1CCCC1CNC(=O)C1CCN(C(=O)c2cccc3ccccc23)CC1. The maximum atomic E-state index is 13.1. The van der Waals surface area contributed by atoms with Gasteiger partial charge in [0.05, 0.1) is 0 Å². The fourth-order valence-electron chi connectivity index (χ4n) is 4.83. The van der Waals surface area contributed by atoms with Gasteiger partial charge in [0.25, 0.3) is 5.91 Å². The average molecular weight is 394 g/mol. The van der Waals surface area contributed by atoms with Crippen molar-refractivity contribution in [2.45, 2.75) is 38.6 Å². The van der Waals surface area contributed by atoms with Crippen molar-refractivity contribution in [2.75, 3.05) is 32.7 Å². The van der Waals surface area contributed by atoms with Crippen LogP contribution in [0.1, 0.15) is 43.0 Å². The number of rotatable bonds is 5. The van der Waals surface area contributed by atoms with E-state index in [1.807, 2.05) is 47.4 Å². The molecule has 29 heavy (non-hydrogen) atoms. The van der Waals surface area contributed by atoms with Crippen molar-refractivity contribution < 1.29 is 9.59 Å². The molecule has 154 valence electrons. The molecule has 1 N–H and O–H groups in total. The number of carbonyl (C=O) groups is 2. The zero-order chi connectivity index (χ0) is 20.2. The standard InChI is InChI=1S/C24H31N3O2/c1-2-26-14-6-9-20(26)17-25-23(28)19-12-15-27(16-13-19)24(29)22-11-5-8-18-7-3-4-10-21(18)22/h3-5,7-8,10-11,19-20H,2,6,9,12-17H2,1H3,(H,25,28). The molecule has 0 saturated carbocycles. The fraction of sp³-hybridized carbons (Fsp3) is 0.500. The Kier molecular flexibility index (Phi) is 6.14. The van der Waals surface area contributed by atoms with E-state index in [4.69, 9.17) is 0 Å². The van der Waals surface area contributed by atoms with Crippen molar-refractivity contribution in [3.8, 4) is 0 Å². The molecule has 2 saturated heterocycles. The predicted octanol–water partition coefficient (Wildman–Crippen LogP) is 3.29. The molecule has 2 aliphatic rings. The first-order valence-corrected chi connectivity index (χ1v) is 11.0. The molecule has 0 aromatic heterocycles. The van der Waals surface area contributed by atoms with Crippen LogP contribution in [0.5, 0.6) is 0 Å². The molecule has 0 aliphatic carbocycles. The Hall–Kier alpha value is -2.40. The molecule has 5 heteroatoms. The van der Waals surface area contributed by atoms with Gasteiger partial charge < -0.3 is 10.2 Å². The molecule has 2 aromatic rings. The second-order valence-corrected chi connectivity index (χ2v) is 8.26. The lowest BCUT2D eigenvalue weighted by atomic mass is 9.94. The van der Waals surface area contributed by atoms with E-state index in [1.54, 1.807) is 0 Å². The molecular formula is C24H31N3O2. The summed E-state index contributed by atoms with van der Waals surface area (Å²) in [5, 5.41) is 5.26. The lowest BCUT2D eigenvalue weighted by Crippen LogP contribution is -2.46. The van der Waals surface area contributed by atoms with Crippen molar-refractivity contribution in [1.29, 1.82) is 0 Å². The first-order valence-electron chi connectivity index (χ1n) is 11.0. The lowest BCUT2D eigenvalue weighted by molar-refractivity contribution is -0.126. The molecule has 4 rings (SSSR count). The Morgan fingerprint density at radius 2 is 1.76 bits per heavy atom. The third-order valence-electron chi connectivity index (χ3n) is 6.59. The summed E-state index contributed by atoms with van der Waals surface area (Å²) in [6.07, 6.45) is 3.88. The van der Waals surface area contributed by atoms with E-state index in [0.29, 0.717) is 19.1 Å². The van der Waals surface area contributed by atoms with Gasteiger partial charge in [-0.05, 0) is 55.6 Å². The summed E-state index contributed by atoms with van der Waals surface area (Å²) in [4.78, 5) is 30.1. The van der Waals surface area contributed by atoms with Crippen LogP contribution in [0.3, 0.4) is 0 Å². The van der Waals surface area contributed by atoms with Gasteiger partial charge >= 0.3 is 0 Å². The Balaban J connectivity index is 1.32. The molecule has 1 unspecified atom stereocenters. The molecule has 1 atom stereocenters. The minimum atomic E-state index is 0.0167. The first kappa shape index (κ1) is 19.9. The van der Waals surface area contributed by atoms with Gasteiger partial charge in [-0.2, -0.15) is 0 Å². The van der Waals surface area contributed by atoms with E-state index in [9.17, 15) is 9.59 Å². The van der Waals surface area contributed by atoms with Gasteiger partial charge in [-0.15, -0.1) is 0 Å². The molecule has 2 aliphatic heterocycles. The van der Waals surface area contributed by atoms with Crippen LogP contribution in [0.4, 0.5) is 0 Å². The third kappa shape index (κ3) is 4.30. The highest BCUT2D eigenvalue weighted by Crippen LogP contribution is 2.24. The fourth-order valence-corrected chi connectivity index (χ4v) is 4.83. The molecule has 2 fully saturated rings. The molecule has 5 nitrogen and oxygen atoms in total. The average Bonchev–Trinajstić information content (AvgIpc) is 3.24. The largest absolute Gasteiger partial charge is 0.354 e. The highest BCUT2D eigenvalue weighted by atomic mass is 16.2. The van der Waals surface area contributed by atoms with Crippen LogP contribution in [0, 0.1) is 5.92 Å². The zero-order valence-electron chi connectivity index (χ0n) is 17.3. The second kappa shape index (κ2) is 8.95. The molecule has 2 heterocycles. The van der Waals surface area contributed by atoms with Gasteiger partial charge in [-0.3, -0.25) is 14.5 Å². The smallest absolute Gasteiger partial charge is 0.254 e. The van der Waals surface area contributed by atoms with Crippen LogP contribution >= 0.6 is 0 Å². The number of nitrogens with zero attached hydrogens (tertiary/aromatic N) is 2. The van der Waals surface area contributed by atoms with Crippen molar-refractivity contribution in [3.63, 3.8) is 0 Å². The second-order valence-electron chi connectivity index (χ2n) is 8.26. The van der Waals surface area contributed by atoms with Crippen LogP contribution in [0.15, 0.2) is 42.5 Å². The normalized spacial score (nSPS) is 20.9. The lowest BCUT2D eigenvalue weighted by Gasteiger charge is -2.32. The van der Waals surface area contributed by atoms with Gasteiger partial charge in [0, 0.05) is 37.2 Å². The highest BCUT2D eigenvalue weighted by molar-refractivity contribution is 6.07. The summed E-state index contributed by atoms with van der Waals surface area (Å²) in [5.74, 6) is 0.249. The van der Waals surface area contributed by atoms with Crippen molar-refractivity contribution in [3.05, 3.63) is 48.0 Å². The van der Waals surface area contributed by atoms with Crippen LogP contribution < -0.4 is 5.32 Å². The van der Waals surface area contributed by atoms with E-state index < -0.39 is 0 Å². The third-order valence-corrected chi connectivity index (χ3v) is 6.59. The predicted molar refractivity (Wildman–Crippen MR) is 116 cm³/mol. The monoisotopic (exact) mass is 393 g/mol. The van der Waals surface area contributed by atoms with Gasteiger partial charge in [-0.1, -0.05) is 43.3 Å². The number of hydrogen-bond acceptors (Lipinski definition) is 3. The maximum Gasteiger partial charge on any atom is 0.254 e. The number of nitrogens with one attached hydrogen (secondary N) is 1. The van der Waals surface area contributed by atoms with Crippen molar-refractivity contribution >= 4 is 22.6 Å². The number of piperidine rings is 1. The number of amides is 2. The molecule has 0 spiro atoms. The molecule has 0 bridgehead atoms. The van der Waals surface area contributed by atoms with Crippen molar-refractivity contribution in [1.82, 2.24) is 15.1 Å². The number of benzene rings is 2. The molecular weight excluding hydrogens is 362 g/mol. The maximum absolute atomic E-state index is 13.1. The van der Waals surface area contributed by atoms with Crippen LogP contribution in [0.25, 0.3) is 10.8 Å². The summed E-state index contributed by atoms with van der Waals surface area (Å²) in [5.41, 5.74) is 0.756. The molecule has 2 aromatic carbocycles. The van der Waals surface area contributed by atoms with Crippen LogP contribution in [-0.2, 0) is 4.79 Å². The van der Waals surface area contributed by atoms with Gasteiger partial charge in [-0.25, -0.2) is 0 Å². The Morgan fingerprint density at radius 1 is 1.00 bits per heavy atom. The van der Waals surface area contributed by atoms with Gasteiger partial charge in [0.15, 0.2) is 0 Å². The van der Waals surface area contributed by atoms with Crippen LogP contribution in [-0.4, -0.2) is 60.4 Å². The molecule has 2 amide bonds. The summed E-state index contributed by atoms with van der Waals surface area (Å²) >= 11 is 0. The first-order chi connectivity index (χ1) is 14.2. The summed E-state index contributed by atoms with van der Waals surface area (Å²) < 4.78 is 0. The number of likely N-dealkylation sites (N-methyl/N-ethyl adjacent to an activating group) is 1. The Labute approximate surface area is 173 Å². The minimum absolute atomic E-state index is 0.0167. The van der Waals surface area contributed by atoms with E-state index in [-0.39, 0.29) is 17.7 Å². The topological polar surface area (TPSA) is 52.7 Å². The van der Waals surface area contributed by atoms with E-state index >= 15 is 0 Å². The Bertz CT molecular complexity index is 868. The highest BCUT2D eigenvalue weighted by Gasteiger charge is 2.29. The summed E-state index contributed by atoms with van der Waals surface area (Å²) in [7, 11) is 0. The summed E-state index contributed by atoms with van der Waals surface area (Å²) in [6, 6.07) is 14.4. The summed E-state index contributed by atoms with van der Waals surface area (Å²) in [6.45, 7) is 6.42. The molecule has 0 radical (unpaired) electrons. The van der Waals surface area contributed by atoms with Crippen LogP contribution in [0.2, 0.25) is 0 Å². The van der Waals surface area contributed by atoms with E-state index in [2.05, 4.69) is 17.1 Å². The van der Waals surface area contributed by atoms with E-state index in [0.717, 1.165) is 48.8 Å². The van der Waals surface area contributed by atoms with Gasteiger partial charge in [0.1, 0.15) is 0 Å². The minimum Gasteiger partial charge on any atom is -0.354 e. The van der Waals surface area contributed by atoms with Gasteiger partial charge in [0.2, 0.25) is 5.91 Å². The van der Waals surface area contributed by atoms with Crippen molar-refractivity contribution in [2.24, 2.45) is 5.92 Å². The zero-order valence-corrected chi connectivity index (χ0v) is 17.3. The van der Waals surface area contributed by atoms with E-state index in [1.165, 1.54) is 12.8 Å². The number of likely N-dealkylation sites (tertiary alicyclic amines) is 2. The number of carbonyl (C=O) groups excluding carboxylic acids is 2. The number of hydrogen-bond donors (Lipinski definition) is 1. The number of fused-ring (bicyclic) bond motifs is 1. The quantitative estimate of drug-likeness (QED) is 0.848. The Morgan fingerprint density at radius 3 is 2.55 bits per heavy atom.